The highest BCUT2D eigenvalue weighted by molar-refractivity contribution is 6.34. The first kappa shape index (κ1) is 11.5. The van der Waals surface area contributed by atoms with E-state index in [1.165, 1.54) is 38.5 Å². The maximum atomic E-state index is 6.65. The van der Waals surface area contributed by atoms with Crippen molar-refractivity contribution in [1.82, 2.24) is 0 Å². The van der Waals surface area contributed by atoms with Gasteiger partial charge in [0.15, 0.2) is 0 Å². The van der Waals surface area contributed by atoms with E-state index >= 15 is 0 Å². The molecular formula is C13H17Cl2. The molecule has 2 aliphatic rings. The van der Waals surface area contributed by atoms with E-state index in [4.69, 9.17) is 23.2 Å². The molecule has 1 radical (unpaired) electrons. The lowest BCUT2D eigenvalue weighted by atomic mass is 9.81. The molecule has 2 heteroatoms. The average molecular weight is 244 g/mol. The first-order valence-corrected chi connectivity index (χ1v) is 6.56. The van der Waals surface area contributed by atoms with E-state index < -0.39 is 0 Å². The summed E-state index contributed by atoms with van der Waals surface area (Å²) in [5.41, 5.74) is 0. The van der Waals surface area contributed by atoms with Crippen LogP contribution >= 0.6 is 23.2 Å². The van der Waals surface area contributed by atoms with Crippen LogP contribution in [0.3, 0.4) is 0 Å². The van der Waals surface area contributed by atoms with Crippen LogP contribution in [0.15, 0.2) is 23.3 Å². The van der Waals surface area contributed by atoms with Crippen molar-refractivity contribution in [2.75, 3.05) is 0 Å². The van der Waals surface area contributed by atoms with Gasteiger partial charge in [-0.1, -0.05) is 49.4 Å². The number of hydrogen-bond acceptors (Lipinski definition) is 0. The molecule has 0 spiro atoms. The lowest BCUT2D eigenvalue weighted by Gasteiger charge is -2.33. The molecule has 0 amide bonds. The molecule has 0 aromatic carbocycles. The first-order chi connectivity index (χ1) is 7.21. The van der Waals surface area contributed by atoms with Gasteiger partial charge in [0.2, 0.25) is 0 Å². The molecule has 1 atom stereocenters. The quantitative estimate of drug-likeness (QED) is 0.457. The van der Waals surface area contributed by atoms with Crippen LogP contribution in [0, 0.1) is 12.3 Å². The maximum absolute atomic E-state index is 6.65. The van der Waals surface area contributed by atoms with E-state index in [0.717, 1.165) is 5.03 Å². The molecule has 1 unspecified atom stereocenters. The fraction of sp³-hybridized carbons (Fsp3) is 0.615. The Balaban J connectivity index is 2.07. The number of hydrogen-bond donors (Lipinski definition) is 0. The second-order valence-electron chi connectivity index (χ2n) is 4.57. The summed E-state index contributed by atoms with van der Waals surface area (Å²) in [5.74, 6) is 0.556. The summed E-state index contributed by atoms with van der Waals surface area (Å²) in [6.07, 6.45) is 15.8. The molecule has 1 saturated carbocycles. The Bertz CT molecular complexity index is 272. The molecule has 0 aliphatic heterocycles. The smallest absolute Gasteiger partial charge is 0.0740 e. The standard InChI is InChI=1S/C13H17Cl2/c14-12-8-5-9-13(15,10-12)11-6-3-1-2-4-7-11/h5,8-11H,1-4,6-7H2. The van der Waals surface area contributed by atoms with E-state index in [0.29, 0.717) is 5.92 Å². The molecule has 15 heavy (non-hydrogen) atoms. The van der Waals surface area contributed by atoms with Gasteiger partial charge in [0.25, 0.3) is 0 Å². The Labute approximate surface area is 102 Å². The van der Waals surface area contributed by atoms with Gasteiger partial charge in [-0.25, -0.2) is 0 Å². The Kier molecular flexibility index (Phi) is 3.79. The molecule has 0 nitrogen and oxygen atoms in total. The van der Waals surface area contributed by atoms with Crippen molar-refractivity contribution in [2.45, 2.75) is 43.4 Å². The molecule has 0 saturated heterocycles. The van der Waals surface area contributed by atoms with Gasteiger partial charge in [0.05, 0.1) is 4.87 Å². The van der Waals surface area contributed by atoms with Crippen molar-refractivity contribution in [2.24, 2.45) is 5.92 Å². The van der Waals surface area contributed by atoms with Crippen LogP contribution in [0.1, 0.15) is 38.5 Å². The van der Waals surface area contributed by atoms with Gasteiger partial charge in [0, 0.05) is 11.5 Å². The van der Waals surface area contributed by atoms with Gasteiger partial charge in [-0.2, -0.15) is 0 Å². The summed E-state index contributed by atoms with van der Waals surface area (Å²) in [6.45, 7) is 0. The van der Waals surface area contributed by atoms with Crippen LogP contribution in [0.25, 0.3) is 0 Å². The molecule has 0 N–H and O–H groups in total. The minimum Gasteiger partial charge on any atom is -0.114 e. The lowest BCUT2D eigenvalue weighted by Crippen LogP contribution is -2.31. The third-order valence-electron chi connectivity index (χ3n) is 3.45. The largest absolute Gasteiger partial charge is 0.114 e. The van der Waals surface area contributed by atoms with Gasteiger partial charge in [-0.05, 0) is 24.8 Å². The normalized spacial score (nSPS) is 33.6. The molecule has 0 aromatic heterocycles. The van der Waals surface area contributed by atoms with Crippen molar-refractivity contribution in [3.63, 3.8) is 0 Å². The van der Waals surface area contributed by atoms with E-state index in [2.05, 4.69) is 6.08 Å². The van der Waals surface area contributed by atoms with Gasteiger partial charge in [0.1, 0.15) is 0 Å². The van der Waals surface area contributed by atoms with Crippen LogP contribution < -0.4 is 0 Å². The lowest BCUT2D eigenvalue weighted by molar-refractivity contribution is 0.408. The van der Waals surface area contributed by atoms with E-state index in [9.17, 15) is 0 Å². The van der Waals surface area contributed by atoms with Crippen molar-refractivity contribution >= 4 is 23.2 Å². The van der Waals surface area contributed by atoms with E-state index in [-0.39, 0.29) is 4.87 Å². The van der Waals surface area contributed by atoms with Crippen LogP contribution in [-0.4, -0.2) is 4.87 Å². The molecule has 0 aromatic rings. The average Bonchev–Trinajstić information content (AvgIpc) is 2.45. The number of rotatable bonds is 1. The molecule has 0 bridgehead atoms. The van der Waals surface area contributed by atoms with Crippen LogP contribution in [0.2, 0.25) is 0 Å². The van der Waals surface area contributed by atoms with Crippen molar-refractivity contribution in [1.29, 1.82) is 0 Å². The second kappa shape index (κ2) is 4.93. The van der Waals surface area contributed by atoms with Crippen molar-refractivity contribution in [3.8, 4) is 0 Å². The zero-order valence-electron chi connectivity index (χ0n) is 8.89. The van der Waals surface area contributed by atoms with Gasteiger partial charge < -0.3 is 0 Å². The number of alkyl halides is 1. The fourth-order valence-electron chi connectivity index (χ4n) is 2.57. The topological polar surface area (TPSA) is 0 Å². The first-order valence-electron chi connectivity index (χ1n) is 5.80. The van der Waals surface area contributed by atoms with Gasteiger partial charge >= 0.3 is 0 Å². The number of allylic oxidation sites excluding steroid dienone is 4. The molecule has 0 heterocycles. The van der Waals surface area contributed by atoms with Crippen molar-refractivity contribution in [3.05, 3.63) is 29.7 Å². The Morgan fingerprint density at radius 2 is 1.80 bits per heavy atom. The molecular weight excluding hydrogens is 227 g/mol. The van der Waals surface area contributed by atoms with Crippen molar-refractivity contribution < 1.29 is 0 Å². The monoisotopic (exact) mass is 243 g/mol. The fourth-order valence-corrected chi connectivity index (χ4v) is 3.29. The number of halogens is 2. The summed E-state index contributed by atoms with van der Waals surface area (Å²) in [4.78, 5) is -0.323. The summed E-state index contributed by atoms with van der Waals surface area (Å²) >= 11 is 12.7. The third-order valence-corrected chi connectivity index (χ3v) is 4.23. The SMILES string of the molecule is ClC1=CC=CC(Cl)(C2CCCCCC2)[CH]1. The second-order valence-corrected chi connectivity index (χ2v) is 5.66. The molecule has 2 aliphatic carbocycles. The predicted molar refractivity (Wildman–Crippen MR) is 67.2 cm³/mol. The zero-order chi connectivity index (χ0) is 10.7. The van der Waals surface area contributed by atoms with Gasteiger partial charge in [-0.15, -0.1) is 11.6 Å². The highest BCUT2D eigenvalue weighted by Crippen LogP contribution is 2.42. The zero-order valence-corrected chi connectivity index (χ0v) is 10.4. The summed E-state index contributed by atoms with van der Waals surface area (Å²) in [5, 5.41) is 0.775. The Morgan fingerprint density at radius 1 is 1.13 bits per heavy atom. The Morgan fingerprint density at radius 3 is 2.40 bits per heavy atom. The third kappa shape index (κ3) is 2.79. The Hall–Kier alpha value is 0.0600. The molecule has 2 rings (SSSR count). The van der Waals surface area contributed by atoms with Crippen LogP contribution in [-0.2, 0) is 0 Å². The molecule has 1 fully saturated rings. The van der Waals surface area contributed by atoms with Crippen LogP contribution in [0.5, 0.6) is 0 Å². The van der Waals surface area contributed by atoms with E-state index in [1.54, 1.807) is 0 Å². The predicted octanol–water partition coefficient (Wildman–Crippen LogP) is 4.83. The van der Waals surface area contributed by atoms with E-state index in [1.807, 2.05) is 18.6 Å². The summed E-state index contributed by atoms with van der Waals surface area (Å²) in [6, 6.07) is 0. The van der Waals surface area contributed by atoms with Crippen LogP contribution in [0.4, 0.5) is 0 Å². The van der Waals surface area contributed by atoms with Gasteiger partial charge in [-0.3, -0.25) is 0 Å². The highest BCUT2D eigenvalue weighted by atomic mass is 35.5. The summed E-state index contributed by atoms with van der Waals surface area (Å²) < 4.78 is 0. The maximum Gasteiger partial charge on any atom is 0.0740 e. The minimum atomic E-state index is -0.323. The molecule has 83 valence electrons. The summed E-state index contributed by atoms with van der Waals surface area (Å²) in [7, 11) is 0. The minimum absolute atomic E-state index is 0.323. The highest BCUT2D eigenvalue weighted by Gasteiger charge is 2.36.